The van der Waals surface area contributed by atoms with Gasteiger partial charge < -0.3 is 5.32 Å². The van der Waals surface area contributed by atoms with Gasteiger partial charge in [0.15, 0.2) is 0 Å². The van der Waals surface area contributed by atoms with Crippen molar-refractivity contribution in [3.8, 4) is 0 Å². The van der Waals surface area contributed by atoms with Crippen LogP contribution in [0.3, 0.4) is 0 Å². The normalized spacial score (nSPS) is 11.8. The van der Waals surface area contributed by atoms with Crippen LogP contribution in [-0.4, -0.2) is 12.5 Å². The number of rotatable bonds is 6. The van der Waals surface area contributed by atoms with E-state index in [9.17, 15) is 4.79 Å². The Morgan fingerprint density at radius 1 is 1.00 bits per heavy atom. The van der Waals surface area contributed by atoms with Crippen molar-refractivity contribution >= 4 is 5.91 Å². The van der Waals surface area contributed by atoms with Gasteiger partial charge in [0, 0.05) is 13.0 Å². The molecule has 20 heavy (non-hydrogen) atoms. The Balaban J connectivity index is 1.73. The molecule has 0 unspecified atom stereocenters. The van der Waals surface area contributed by atoms with Crippen LogP contribution in [0.15, 0.2) is 60.7 Å². The van der Waals surface area contributed by atoms with Gasteiger partial charge >= 0.3 is 0 Å². The van der Waals surface area contributed by atoms with Crippen molar-refractivity contribution in [3.63, 3.8) is 0 Å². The molecule has 1 amide bonds. The quantitative estimate of drug-likeness (QED) is 0.852. The van der Waals surface area contributed by atoms with Crippen LogP contribution >= 0.6 is 0 Å². The van der Waals surface area contributed by atoms with Gasteiger partial charge in [0.25, 0.3) is 0 Å². The average Bonchev–Trinajstić information content (AvgIpc) is 2.49. The summed E-state index contributed by atoms with van der Waals surface area (Å²) in [6, 6.07) is 20.4. The number of hydrogen-bond donors (Lipinski definition) is 1. The highest BCUT2D eigenvalue weighted by Gasteiger charge is 2.10. The van der Waals surface area contributed by atoms with Gasteiger partial charge in [-0.25, -0.2) is 0 Å². The number of carbonyl (C=O) groups is 1. The molecule has 0 saturated carbocycles. The van der Waals surface area contributed by atoms with Crippen molar-refractivity contribution in [1.29, 1.82) is 0 Å². The lowest BCUT2D eigenvalue weighted by Crippen LogP contribution is -2.26. The van der Waals surface area contributed by atoms with E-state index in [2.05, 4.69) is 36.5 Å². The average molecular weight is 267 g/mol. The van der Waals surface area contributed by atoms with E-state index < -0.39 is 0 Å². The van der Waals surface area contributed by atoms with Gasteiger partial charge in [-0.05, 0) is 23.5 Å². The zero-order valence-corrected chi connectivity index (χ0v) is 11.9. The summed E-state index contributed by atoms with van der Waals surface area (Å²) in [5.74, 6) is 0.380. The Morgan fingerprint density at radius 3 is 2.25 bits per heavy atom. The third-order valence-corrected chi connectivity index (χ3v) is 3.44. The Kier molecular flexibility index (Phi) is 5.36. The van der Waals surface area contributed by atoms with Crippen LogP contribution in [0.1, 0.15) is 30.4 Å². The van der Waals surface area contributed by atoms with E-state index in [0.717, 1.165) is 6.42 Å². The maximum Gasteiger partial charge on any atom is 0.220 e. The molecule has 0 aliphatic rings. The fraction of sp³-hybridized carbons (Fsp3) is 0.278. The van der Waals surface area contributed by atoms with Gasteiger partial charge in [-0.2, -0.15) is 0 Å². The second-order valence-corrected chi connectivity index (χ2v) is 5.10. The van der Waals surface area contributed by atoms with Gasteiger partial charge in [0.1, 0.15) is 0 Å². The molecule has 2 aromatic carbocycles. The van der Waals surface area contributed by atoms with Crippen molar-refractivity contribution in [2.24, 2.45) is 0 Å². The molecule has 2 aromatic rings. The van der Waals surface area contributed by atoms with E-state index in [1.807, 2.05) is 36.4 Å². The van der Waals surface area contributed by atoms with Crippen molar-refractivity contribution in [2.45, 2.75) is 25.7 Å². The second-order valence-electron chi connectivity index (χ2n) is 5.10. The summed E-state index contributed by atoms with van der Waals surface area (Å²) >= 11 is 0. The molecule has 0 fully saturated rings. The predicted molar refractivity (Wildman–Crippen MR) is 82.6 cm³/mol. The molecule has 0 bridgehead atoms. The molecule has 1 N–H and O–H groups in total. The van der Waals surface area contributed by atoms with Crippen molar-refractivity contribution < 1.29 is 4.79 Å². The van der Waals surface area contributed by atoms with E-state index in [1.54, 1.807) is 0 Å². The van der Waals surface area contributed by atoms with Crippen molar-refractivity contribution in [2.75, 3.05) is 6.54 Å². The second kappa shape index (κ2) is 7.49. The Morgan fingerprint density at radius 2 is 1.60 bits per heavy atom. The van der Waals surface area contributed by atoms with Crippen LogP contribution in [0.4, 0.5) is 0 Å². The lowest BCUT2D eigenvalue weighted by molar-refractivity contribution is -0.121. The van der Waals surface area contributed by atoms with Crippen LogP contribution < -0.4 is 5.32 Å². The topological polar surface area (TPSA) is 29.1 Å². The molecule has 0 heterocycles. The first-order chi connectivity index (χ1) is 9.75. The van der Waals surface area contributed by atoms with Crippen LogP contribution in [0.2, 0.25) is 0 Å². The highest BCUT2D eigenvalue weighted by molar-refractivity contribution is 5.76. The molecule has 0 radical (unpaired) electrons. The zero-order chi connectivity index (χ0) is 14.2. The first kappa shape index (κ1) is 14.3. The molecule has 2 nitrogen and oxygen atoms in total. The SMILES string of the molecule is C[C@H](CC(=O)NCCc1ccccc1)c1ccccc1. The summed E-state index contributed by atoms with van der Waals surface area (Å²) in [6.45, 7) is 2.79. The molecule has 0 spiro atoms. The van der Waals surface area contributed by atoms with Crippen LogP contribution in [-0.2, 0) is 11.2 Å². The molecular formula is C18H21NO. The Bertz CT molecular complexity index is 522. The smallest absolute Gasteiger partial charge is 0.220 e. The highest BCUT2D eigenvalue weighted by Crippen LogP contribution is 2.17. The minimum absolute atomic E-state index is 0.122. The minimum Gasteiger partial charge on any atom is -0.356 e. The number of nitrogens with one attached hydrogen (secondary N) is 1. The molecule has 1 atom stereocenters. The molecule has 104 valence electrons. The molecule has 0 aromatic heterocycles. The third kappa shape index (κ3) is 4.54. The first-order valence-electron chi connectivity index (χ1n) is 7.11. The zero-order valence-electron chi connectivity index (χ0n) is 11.9. The lowest BCUT2D eigenvalue weighted by atomic mass is 9.97. The van der Waals surface area contributed by atoms with Crippen molar-refractivity contribution in [3.05, 3.63) is 71.8 Å². The van der Waals surface area contributed by atoms with Gasteiger partial charge in [-0.3, -0.25) is 4.79 Å². The lowest BCUT2D eigenvalue weighted by Gasteiger charge is -2.12. The van der Waals surface area contributed by atoms with Crippen molar-refractivity contribution in [1.82, 2.24) is 5.32 Å². The summed E-state index contributed by atoms with van der Waals surface area (Å²) in [6.07, 6.45) is 1.42. The number of benzene rings is 2. The number of amides is 1. The molecule has 0 aliphatic heterocycles. The van der Waals surface area contributed by atoms with E-state index in [0.29, 0.717) is 13.0 Å². The summed E-state index contributed by atoms with van der Waals surface area (Å²) < 4.78 is 0. The van der Waals surface area contributed by atoms with E-state index >= 15 is 0 Å². The maximum atomic E-state index is 11.9. The minimum atomic E-state index is 0.122. The Labute approximate surface area is 120 Å². The fourth-order valence-electron chi connectivity index (χ4n) is 2.24. The predicted octanol–water partition coefficient (Wildman–Crippen LogP) is 3.54. The van der Waals surface area contributed by atoms with Crippen LogP contribution in [0.25, 0.3) is 0 Å². The molecule has 0 saturated heterocycles. The van der Waals surface area contributed by atoms with Crippen LogP contribution in [0, 0.1) is 0 Å². The molecule has 0 aliphatic carbocycles. The molecule has 2 heteroatoms. The number of hydrogen-bond acceptors (Lipinski definition) is 1. The van der Waals surface area contributed by atoms with Crippen LogP contribution in [0.5, 0.6) is 0 Å². The maximum absolute atomic E-state index is 11.9. The van der Waals surface area contributed by atoms with Gasteiger partial charge in [-0.15, -0.1) is 0 Å². The highest BCUT2D eigenvalue weighted by atomic mass is 16.1. The van der Waals surface area contributed by atoms with Gasteiger partial charge in [0.2, 0.25) is 5.91 Å². The monoisotopic (exact) mass is 267 g/mol. The molecular weight excluding hydrogens is 246 g/mol. The summed E-state index contributed by atoms with van der Waals surface area (Å²) in [5, 5.41) is 2.99. The van der Waals surface area contributed by atoms with Gasteiger partial charge in [-0.1, -0.05) is 67.6 Å². The largest absolute Gasteiger partial charge is 0.356 e. The van der Waals surface area contributed by atoms with E-state index in [1.165, 1.54) is 11.1 Å². The fourth-order valence-corrected chi connectivity index (χ4v) is 2.24. The summed E-state index contributed by atoms with van der Waals surface area (Å²) in [7, 11) is 0. The molecule has 2 rings (SSSR count). The standard InChI is InChI=1S/C18H21NO/c1-15(17-10-6-3-7-11-17)14-18(20)19-13-12-16-8-4-2-5-9-16/h2-11,15H,12-14H2,1H3,(H,19,20)/t15-/m1/s1. The summed E-state index contributed by atoms with van der Waals surface area (Å²) in [5.41, 5.74) is 2.47. The van der Waals surface area contributed by atoms with E-state index in [-0.39, 0.29) is 11.8 Å². The Hall–Kier alpha value is -2.09. The first-order valence-corrected chi connectivity index (χ1v) is 7.11. The summed E-state index contributed by atoms with van der Waals surface area (Å²) in [4.78, 5) is 11.9. The van der Waals surface area contributed by atoms with E-state index in [4.69, 9.17) is 0 Å². The number of carbonyl (C=O) groups excluding carboxylic acids is 1. The third-order valence-electron chi connectivity index (χ3n) is 3.44. The van der Waals surface area contributed by atoms with Gasteiger partial charge in [0.05, 0.1) is 0 Å².